The molecule has 1 aliphatic carbocycles. The van der Waals surface area contributed by atoms with Gasteiger partial charge >= 0.3 is 0 Å². The van der Waals surface area contributed by atoms with Gasteiger partial charge < -0.3 is 14.6 Å². The maximum Gasteiger partial charge on any atom is 0.160 e. The van der Waals surface area contributed by atoms with Gasteiger partial charge in [0, 0.05) is 19.3 Å². The molecule has 0 amide bonds. The van der Waals surface area contributed by atoms with Crippen LogP contribution >= 0.6 is 0 Å². The summed E-state index contributed by atoms with van der Waals surface area (Å²) >= 11 is 0. The molecule has 0 spiro atoms. The molecule has 4 nitrogen and oxygen atoms in total. The van der Waals surface area contributed by atoms with Gasteiger partial charge in [0.05, 0.1) is 20.3 Å². The van der Waals surface area contributed by atoms with E-state index in [0.717, 1.165) is 18.4 Å². The van der Waals surface area contributed by atoms with Crippen LogP contribution in [-0.4, -0.2) is 31.2 Å². The lowest BCUT2D eigenvalue weighted by Gasteiger charge is -2.11. The van der Waals surface area contributed by atoms with Gasteiger partial charge in [-0.1, -0.05) is 55.0 Å². The Morgan fingerprint density at radius 2 is 1.73 bits per heavy atom. The zero-order chi connectivity index (χ0) is 21.9. The van der Waals surface area contributed by atoms with Crippen LogP contribution in [0.1, 0.15) is 42.9 Å². The lowest BCUT2D eigenvalue weighted by molar-refractivity contribution is -0.117. The molecule has 0 aromatic heterocycles. The van der Waals surface area contributed by atoms with Crippen LogP contribution in [0.25, 0.3) is 0 Å². The van der Waals surface area contributed by atoms with E-state index in [1.807, 2.05) is 24.3 Å². The molecule has 0 heterocycles. The van der Waals surface area contributed by atoms with Gasteiger partial charge in [-0.25, -0.2) is 0 Å². The van der Waals surface area contributed by atoms with Crippen molar-refractivity contribution in [2.45, 2.75) is 52.1 Å². The van der Waals surface area contributed by atoms with E-state index in [9.17, 15) is 9.90 Å². The Kier molecular flexibility index (Phi) is 9.62. The molecule has 0 aliphatic heterocycles. The molecule has 1 aliphatic rings. The van der Waals surface area contributed by atoms with Crippen LogP contribution in [0.15, 0.2) is 54.6 Å². The van der Waals surface area contributed by atoms with Gasteiger partial charge in [-0.15, -0.1) is 0 Å². The second-order valence-corrected chi connectivity index (χ2v) is 7.73. The second-order valence-electron chi connectivity index (χ2n) is 7.73. The molecule has 1 saturated carbocycles. The van der Waals surface area contributed by atoms with Gasteiger partial charge in [0.1, 0.15) is 5.78 Å². The fourth-order valence-electron chi connectivity index (χ4n) is 3.43. The van der Waals surface area contributed by atoms with Crippen molar-refractivity contribution in [1.82, 2.24) is 0 Å². The van der Waals surface area contributed by atoms with Crippen LogP contribution in [0.2, 0.25) is 0 Å². The van der Waals surface area contributed by atoms with Crippen molar-refractivity contribution in [3.05, 3.63) is 71.3 Å². The Bertz CT molecular complexity index is 823. The molecule has 2 aromatic rings. The van der Waals surface area contributed by atoms with E-state index in [1.54, 1.807) is 20.3 Å². The number of ketones is 1. The van der Waals surface area contributed by atoms with Gasteiger partial charge in [-0.2, -0.15) is 0 Å². The van der Waals surface area contributed by atoms with Crippen LogP contribution in [-0.2, 0) is 17.6 Å². The number of rotatable bonds is 7. The third-order valence-electron chi connectivity index (χ3n) is 5.31. The number of aryl methyl sites for hydroxylation is 2. The summed E-state index contributed by atoms with van der Waals surface area (Å²) in [6.45, 7) is 4.28. The number of aliphatic hydroxyl groups is 1. The van der Waals surface area contributed by atoms with E-state index < -0.39 is 6.10 Å². The number of hydrogen-bond acceptors (Lipinski definition) is 4. The van der Waals surface area contributed by atoms with Crippen LogP contribution < -0.4 is 9.47 Å². The zero-order valence-electron chi connectivity index (χ0n) is 18.6. The number of hydrogen-bond donors (Lipinski definition) is 1. The number of benzene rings is 2. The second kappa shape index (κ2) is 12.2. The van der Waals surface area contributed by atoms with Crippen LogP contribution in [0.4, 0.5) is 0 Å². The maximum atomic E-state index is 11.2. The Hall–Kier alpha value is -2.59. The van der Waals surface area contributed by atoms with Crippen molar-refractivity contribution in [3.63, 3.8) is 0 Å². The molecular formula is C26H34O4. The normalized spacial score (nSPS) is 16.8. The van der Waals surface area contributed by atoms with Gasteiger partial charge in [-0.05, 0) is 48.9 Å². The predicted octanol–water partition coefficient (Wildman–Crippen LogP) is 5.09. The summed E-state index contributed by atoms with van der Waals surface area (Å²) in [6, 6.07) is 14.3. The SMILES string of the molecule is CCc1ccc(C)cc1.COc1ccc(CC(O)/C=C/[C@H]2CCC(=O)C2)cc1OC. The van der Waals surface area contributed by atoms with Crippen LogP contribution in [0.3, 0.4) is 0 Å². The number of Topliss-reactive ketones (excluding diaryl/α,β-unsaturated/α-hetero) is 1. The highest BCUT2D eigenvalue weighted by molar-refractivity contribution is 5.80. The number of aliphatic hydroxyl groups excluding tert-OH is 1. The Balaban J connectivity index is 0.000000297. The molecule has 2 atom stereocenters. The largest absolute Gasteiger partial charge is 0.493 e. The number of carbonyl (C=O) groups excluding carboxylic acids is 1. The summed E-state index contributed by atoms with van der Waals surface area (Å²) in [5.41, 5.74) is 3.74. The van der Waals surface area contributed by atoms with Crippen molar-refractivity contribution >= 4 is 5.78 Å². The summed E-state index contributed by atoms with van der Waals surface area (Å²) in [7, 11) is 3.19. The first kappa shape index (κ1) is 23.7. The number of carbonyl (C=O) groups is 1. The summed E-state index contributed by atoms with van der Waals surface area (Å²) in [6.07, 6.45) is 7.03. The van der Waals surface area contributed by atoms with E-state index in [4.69, 9.17) is 9.47 Å². The highest BCUT2D eigenvalue weighted by Crippen LogP contribution is 2.28. The Morgan fingerprint density at radius 3 is 2.30 bits per heavy atom. The van der Waals surface area contributed by atoms with Crippen molar-refractivity contribution in [2.24, 2.45) is 5.92 Å². The molecule has 3 rings (SSSR count). The van der Waals surface area contributed by atoms with E-state index in [1.165, 1.54) is 11.1 Å². The first-order chi connectivity index (χ1) is 14.4. The van der Waals surface area contributed by atoms with E-state index >= 15 is 0 Å². The molecule has 2 aromatic carbocycles. The lowest BCUT2D eigenvalue weighted by atomic mass is 10.0. The summed E-state index contributed by atoms with van der Waals surface area (Å²) in [5, 5.41) is 10.1. The van der Waals surface area contributed by atoms with Gasteiger partial charge in [-0.3, -0.25) is 4.79 Å². The van der Waals surface area contributed by atoms with Gasteiger partial charge in [0.25, 0.3) is 0 Å². The third-order valence-corrected chi connectivity index (χ3v) is 5.31. The smallest absolute Gasteiger partial charge is 0.160 e. The average Bonchev–Trinajstić information content (AvgIpc) is 3.18. The topological polar surface area (TPSA) is 55.8 Å². The Morgan fingerprint density at radius 1 is 1.07 bits per heavy atom. The van der Waals surface area contributed by atoms with Gasteiger partial charge in [0.2, 0.25) is 0 Å². The minimum atomic E-state index is -0.557. The van der Waals surface area contributed by atoms with Crippen LogP contribution in [0.5, 0.6) is 11.5 Å². The Labute approximate surface area is 180 Å². The van der Waals surface area contributed by atoms with Crippen molar-refractivity contribution in [3.8, 4) is 11.5 Å². The molecule has 1 unspecified atom stereocenters. The monoisotopic (exact) mass is 410 g/mol. The minimum absolute atomic E-state index is 0.289. The molecule has 0 radical (unpaired) electrons. The third kappa shape index (κ3) is 7.68. The van der Waals surface area contributed by atoms with E-state index in [2.05, 4.69) is 38.1 Å². The minimum Gasteiger partial charge on any atom is -0.493 e. The lowest BCUT2D eigenvalue weighted by Crippen LogP contribution is -2.07. The molecule has 162 valence electrons. The molecule has 1 fully saturated rings. The zero-order valence-corrected chi connectivity index (χ0v) is 18.6. The first-order valence-corrected chi connectivity index (χ1v) is 10.6. The summed E-state index contributed by atoms with van der Waals surface area (Å²) < 4.78 is 10.4. The highest BCUT2D eigenvalue weighted by atomic mass is 16.5. The molecule has 4 heteroatoms. The van der Waals surface area contributed by atoms with E-state index in [0.29, 0.717) is 36.5 Å². The fourth-order valence-corrected chi connectivity index (χ4v) is 3.43. The number of allylic oxidation sites excluding steroid dienone is 1. The number of ether oxygens (including phenoxy) is 2. The van der Waals surface area contributed by atoms with Crippen molar-refractivity contribution < 1.29 is 19.4 Å². The molecular weight excluding hydrogens is 376 g/mol. The van der Waals surface area contributed by atoms with Crippen LogP contribution in [0, 0.1) is 12.8 Å². The molecule has 1 N–H and O–H groups in total. The van der Waals surface area contributed by atoms with Gasteiger partial charge in [0.15, 0.2) is 11.5 Å². The van der Waals surface area contributed by atoms with Crippen molar-refractivity contribution in [1.29, 1.82) is 0 Å². The standard InChI is InChI=1S/C17H22O4.C9H12/c1-20-16-8-5-13(11-17(16)21-2)10-15(19)7-4-12-3-6-14(18)9-12;1-3-9-6-4-8(2)5-7-9/h4-5,7-8,11-12,15,19H,3,6,9-10H2,1-2H3;4-7H,3H2,1-2H3/b7-4+;/t12-,15?;/m1./s1. The first-order valence-electron chi connectivity index (χ1n) is 10.6. The summed E-state index contributed by atoms with van der Waals surface area (Å²) in [4.78, 5) is 11.2. The predicted molar refractivity (Wildman–Crippen MR) is 121 cm³/mol. The van der Waals surface area contributed by atoms with Crippen molar-refractivity contribution in [2.75, 3.05) is 14.2 Å². The van der Waals surface area contributed by atoms with E-state index in [-0.39, 0.29) is 5.92 Å². The quantitative estimate of drug-likeness (QED) is 0.646. The molecule has 0 saturated heterocycles. The average molecular weight is 411 g/mol. The molecule has 0 bridgehead atoms. The fraction of sp³-hybridized carbons (Fsp3) is 0.423. The maximum absolute atomic E-state index is 11.2. The summed E-state index contributed by atoms with van der Waals surface area (Å²) in [5.74, 6) is 1.94. The number of methoxy groups -OCH3 is 2. The molecule has 30 heavy (non-hydrogen) atoms. The highest BCUT2D eigenvalue weighted by Gasteiger charge is 2.19.